The van der Waals surface area contributed by atoms with Gasteiger partial charge in [0.15, 0.2) is 5.60 Å². The topological polar surface area (TPSA) is 38.7 Å². The van der Waals surface area contributed by atoms with E-state index in [9.17, 15) is 5.11 Å². The molecule has 2 aromatic carbocycles. The largest absolute Gasteiger partial charge is 0.496 e. The summed E-state index contributed by atoms with van der Waals surface area (Å²) in [5.74, 6) is 3.39. The Morgan fingerprint density at radius 1 is 1.05 bits per heavy atom. The Morgan fingerprint density at radius 3 is 2.38 bits per heavy atom. The van der Waals surface area contributed by atoms with E-state index < -0.39 is 5.60 Å². The quantitative estimate of drug-likeness (QED) is 0.876. The molecule has 1 N–H and O–H groups in total. The van der Waals surface area contributed by atoms with E-state index in [1.807, 2.05) is 49.4 Å². The van der Waals surface area contributed by atoms with Crippen molar-refractivity contribution in [3.63, 3.8) is 0 Å². The lowest BCUT2D eigenvalue weighted by molar-refractivity contribution is 0.139. The van der Waals surface area contributed by atoms with Crippen molar-refractivity contribution in [3.05, 3.63) is 65.7 Å². The number of hydrogen-bond donors (Lipinski definition) is 1. The molecule has 1 unspecified atom stereocenters. The van der Waals surface area contributed by atoms with Crippen LogP contribution < -0.4 is 4.74 Å². The van der Waals surface area contributed by atoms with E-state index in [0.717, 1.165) is 0 Å². The van der Waals surface area contributed by atoms with Gasteiger partial charge in [-0.25, -0.2) is 0 Å². The first-order valence-corrected chi connectivity index (χ1v) is 6.77. The van der Waals surface area contributed by atoms with Gasteiger partial charge >= 0.3 is 0 Å². The predicted molar refractivity (Wildman–Crippen MR) is 81.8 cm³/mol. The second-order valence-electron chi connectivity index (χ2n) is 4.44. The van der Waals surface area contributed by atoms with Gasteiger partial charge in [0.25, 0.3) is 0 Å². The molecule has 0 heterocycles. The van der Waals surface area contributed by atoms with Crippen LogP contribution in [0.25, 0.3) is 0 Å². The van der Waals surface area contributed by atoms with Crippen molar-refractivity contribution in [1.29, 1.82) is 0 Å². The maximum Gasteiger partial charge on any atom is 0.183 e. The lowest BCUT2D eigenvalue weighted by atomic mass is 9.86. The molecular weight excluding hydrogens is 264 g/mol. The maximum absolute atomic E-state index is 11.2. The average Bonchev–Trinajstić information content (AvgIpc) is 2.55. The molecule has 2 rings (SSSR count). The van der Waals surface area contributed by atoms with Gasteiger partial charge in [-0.05, 0) is 18.9 Å². The summed E-state index contributed by atoms with van der Waals surface area (Å²) in [7, 11) is 1.57. The van der Waals surface area contributed by atoms with Crippen molar-refractivity contribution in [2.75, 3.05) is 13.7 Å². The number of para-hydroxylation sites is 1. The van der Waals surface area contributed by atoms with E-state index in [4.69, 9.17) is 9.47 Å². The summed E-state index contributed by atoms with van der Waals surface area (Å²) in [6, 6.07) is 16.5. The van der Waals surface area contributed by atoms with Crippen LogP contribution in [0.5, 0.6) is 5.75 Å². The number of rotatable bonds is 4. The van der Waals surface area contributed by atoms with Crippen LogP contribution in [0.3, 0.4) is 0 Å². The molecule has 2 aromatic rings. The van der Waals surface area contributed by atoms with E-state index in [1.165, 1.54) is 0 Å². The first-order valence-electron chi connectivity index (χ1n) is 6.77. The van der Waals surface area contributed by atoms with Gasteiger partial charge in [-0.15, -0.1) is 0 Å². The van der Waals surface area contributed by atoms with E-state index in [1.54, 1.807) is 19.2 Å². The standard InChI is InChI=1S/C18H18O3/c1-3-21-14-13-18(19,15-9-5-4-6-10-15)16-11-7-8-12-17(16)20-2/h4-12,19H,3H2,1-2H3. The molecular formula is C18H18O3. The first-order chi connectivity index (χ1) is 10.2. The summed E-state index contributed by atoms with van der Waals surface area (Å²) in [6.45, 7) is 2.31. The zero-order chi connectivity index (χ0) is 15.1. The Balaban J connectivity index is 2.59. The summed E-state index contributed by atoms with van der Waals surface area (Å²) in [4.78, 5) is 0. The molecule has 3 heteroatoms. The van der Waals surface area contributed by atoms with Crippen LogP contribution in [-0.2, 0) is 10.3 Å². The Kier molecular flexibility index (Phi) is 4.86. The van der Waals surface area contributed by atoms with Gasteiger partial charge in [-0.1, -0.05) is 48.5 Å². The molecule has 0 radical (unpaired) electrons. The fraction of sp³-hybridized carbons (Fsp3) is 0.222. The smallest absolute Gasteiger partial charge is 0.183 e. The minimum Gasteiger partial charge on any atom is -0.496 e. The lowest BCUT2D eigenvalue weighted by Gasteiger charge is -2.25. The third-order valence-electron chi connectivity index (χ3n) is 3.14. The number of hydrogen-bond acceptors (Lipinski definition) is 3. The zero-order valence-electron chi connectivity index (χ0n) is 12.2. The summed E-state index contributed by atoms with van der Waals surface area (Å²) in [5, 5.41) is 11.2. The monoisotopic (exact) mass is 282 g/mol. The highest BCUT2D eigenvalue weighted by Gasteiger charge is 2.32. The van der Waals surface area contributed by atoms with Gasteiger partial charge in [0, 0.05) is 11.1 Å². The van der Waals surface area contributed by atoms with Crippen molar-refractivity contribution < 1.29 is 14.6 Å². The van der Waals surface area contributed by atoms with Crippen LogP contribution in [0.1, 0.15) is 18.1 Å². The molecule has 0 aromatic heterocycles. The van der Waals surface area contributed by atoms with Crippen molar-refractivity contribution in [1.82, 2.24) is 0 Å². The van der Waals surface area contributed by atoms with Gasteiger partial charge in [0.05, 0.1) is 13.7 Å². The number of ether oxygens (including phenoxy) is 2. The third-order valence-corrected chi connectivity index (χ3v) is 3.14. The summed E-state index contributed by atoms with van der Waals surface area (Å²) in [5.41, 5.74) is -0.226. The van der Waals surface area contributed by atoms with E-state index in [-0.39, 0.29) is 0 Å². The van der Waals surface area contributed by atoms with Crippen LogP contribution >= 0.6 is 0 Å². The Morgan fingerprint density at radius 2 is 1.71 bits per heavy atom. The molecule has 0 aliphatic heterocycles. The fourth-order valence-electron chi connectivity index (χ4n) is 2.10. The summed E-state index contributed by atoms with van der Waals surface area (Å²) in [6.07, 6.45) is 2.57. The van der Waals surface area contributed by atoms with Crippen molar-refractivity contribution in [2.45, 2.75) is 12.5 Å². The molecule has 0 saturated carbocycles. The molecule has 0 spiro atoms. The van der Waals surface area contributed by atoms with Crippen LogP contribution in [0, 0.1) is 12.0 Å². The highest BCUT2D eigenvalue weighted by atomic mass is 16.5. The second-order valence-corrected chi connectivity index (χ2v) is 4.44. The highest BCUT2D eigenvalue weighted by molar-refractivity contribution is 5.50. The number of aliphatic hydroxyl groups is 1. The lowest BCUT2D eigenvalue weighted by Crippen LogP contribution is -2.26. The van der Waals surface area contributed by atoms with E-state index in [2.05, 4.69) is 12.0 Å². The highest BCUT2D eigenvalue weighted by Crippen LogP contribution is 2.35. The van der Waals surface area contributed by atoms with Gasteiger partial charge in [0.1, 0.15) is 11.9 Å². The van der Waals surface area contributed by atoms with Gasteiger partial charge in [-0.2, -0.15) is 0 Å². The molecule has 1 atom stereocenters. The zero-order valence-corrected chi connectivity index (χ0v) is 12.2. The summed E-state index contributed by atoms with van der Waals surface area (Å²) < 4.78 is 10.4. The number of benzene rings is 2. The van der Waals surface area contributed by atoms with E-state index in [0.29, 0.717) is 23.5 Å². The molecule has 0 saturated heterocycles. The SMILES string of the molecule is CCOC#CC(O)(c1ccccc1)c1ccccc1OC. The van der Waals surface area contributed by atoms with Gasteiger partial charge < -0.3 is 14.6 Å². The Labute approximate surface area is 125 Å². The summed E-state index contributed by atoms with van der Waals surface area (Å²) >= 11 is 0. The predicted octanol–water partition coefficient (Wildman–Crippen LogP) is 2.93. The number of methoxy groups -OCH3 is 1. The second kappa shape index (κ2) is 6.83. The molecule has 108 valence electrons. The molecule has 3 nitrogen and oxygen atoms in total. The molecule has 21 heavy (non-hydrogen) atoms. The van der Waals surface area contributed by atoms with Crippen LogP contribution in [0.2, 0.25) is 0 Å². The van der Waals surface area contributed by atoms with Gasteiger partial charge in [-0.3, -0.25) is 0 Å². The maximum atomic E-state index is 11.2. The van der Waals surface area contributed by atoms with Crippen molar-refractivity contribution in [3.8, 4) is 17.8 Å². The molecule has 0 bridgehead atoms. The fourth-order valence-corrected chi connectivity index (χ4v) is 2.10. The normalized spacial score (nSPS) is 12.7. The third kappa shape index (κ3) is 3.18. The Hall–Kier alpha value is -2.44. The van der Waals surface area contributed by atoms with Crippen molar-refractivity contribution in [2.24, 2.45) is 0 Å². The van der Waals surface area contributed by atoms with Crippen LogP contribution in [-0.4, -0.2) is 18.8 Å². The molecule has 0 amide bonds. The molecule has 0 fully saturated rings. The van der Waals surface area contributed by atoms with Crippen LogP contribution in [0.15, 0.2) is 54.6 Å². The average molecular weight is 282 g/mol. The minimum atomic E-state index is -1.48. The van der Waals surface area contributed by atoms with Crippen LogP contribution in [0.4, 0.5) is 0 Å². The van der Waals surface area contributed by atoms with E-state index >= 15 is 0 Å². The molecule has 0 aliphatic rings. The first kappa shape index (κ1) is 15.0. The molecule has 0 aliphatic carbocycles. The minimum absolute atomic E-state index is 0.462. The van der Waals surface area contributed by atoms with Crippen molar-refractivity contribution >= 4 is 0 Å². The van der Waals surface area contributed by atoms with Gasteiger partial charge in [0.2, 0.25) is 0 Å². The Bertz CT molecular complexity index is 640.